The summed E-state index contributed by atoms with van der Waals surface area (Å²) in [6.45, 7) is 14.8. The molecular weight excluding hydrogens is 276 g/mol. The molecule has 21 heavy (non-hydrogen) atoms. The molecule has 0 spiro atoms. The highest BCUT2D eigenvalue weighted by molar-refractivity contribution is 5.88. The third-order valence-corrected chi connectivity index (χ3v) is 2.35. The highest BCUT2D eigenvalue weighted by Gasteiger charge is 2.46. The van der Waals surface area contributed by atoms with Crippen molar-refractivity contribution in [2.45, 2.75) is 53.1 Å². The lowest BCUT2D eigenvalue weighted by Crippen LogP contribution is -2.51. The molecule has 0 amide bonds. The summed E-state index contributed by atoms with van der Waals surface area (Å²) in [4.78, 5) is 23.1. The van der Waals surface area contributed by atoms with Gasteiger partial charge in [-0.15, -0.1) is 0 Å². The molecule has 0 aliphatic heterocycles. The summed E-state index contributed by atoms with van der Waals surface area (Å²) in [5, 5.41) is 20.4. The lowest BCUT2D eigenvalue weighted by atomic mass is 9.87. The number of aliphatic hydroxyl groups excluding tert-OH is 1. The fraction of sp³-hybridized carbons (Fsp3) is 0.600. The molecule has 2 N–H and O–H groups in total. The first-order valence-corrected chi connectivity index (χ1v) is 6.44. The summed E-state index contributed by atoms with van der Waals surface area (Å²) >= 11 is 0. The fourth-order valence-electron chi connectivity index (χ4n) is 1.48. The van der Waals surface area contributed by atoms with Crippen LogP contribution < -0.4 is 0 Å². The number of rotatable bonds is 6. The van der Waals surface area contributed by atoms with Gasteiger partial charge in [-0.3, -0.25) is 0 Å². The molecule has 0 aliphatic carbocycles. The van der Waals surface area contributed by atoms with Crippen LogP contribution in [0.5, 0.6) is 0 Å². The molecule has 0 bridgehead atoms. The van der Waals surface area contributed by atoms with Gasteiger partial charge in [0, 0.05) is 17.6 Å². The predicted molar refractivity (Wildman–Crippen MR) is 76.8 cm³/mol. The van der Waals surface area contributed by atoms with Crippen molar-refractivity contribution in [3.8, 4) is 0 Å². The van der Waals surface area contributed by atoms with E-state index in [1.165, 1.54) is 13.8 Å². The Morgan fingerprint density at radius 2 is 1.52 bits per heavy atom. The van der Waals surface area contributed by atoms with E-state index in [1.807, 2.05) is 0 Å². The fourth-order valence-corrected chi connectivity index (χ4v) is 1.48. The number of ether oxygens (including phenoxy) is 2. The summed E-state index contributed by atoms with van der Waals surface area (Å²) in [6.07, 6.45) is -2.19. The molecule has 6 heteroatoms. The first-order chi connectivity index (χ1) is 9.28. The highest BCUT2D eigenvalue weighted by Crippen LogP contribution is 2.32. The van der Waals surface area contributed by atoms with Crippen LogP contribution in [0.25, 0.3) is 0 Å². The Balaban J connectivity index is 5.29. The Morgan fingerprint density at radius 1 is 1.10 bits per heavy atom. The first-order valence-electron chi connectivity index (χ1n) is 6.44. The standard InChI is InChI=1S/C15H24O6/c1-9(2)11(16)20-13(18)15(19,8-14(5,6)7)21-12(17)10(3)4/h13,18-19H,1,3,8H2,2,4-7H3. The zero-order valence-electron chi connectivity index (χ0n) is 13.2. The smallest absolute Gasteiger partial charge is 0.335 e. The predicted octanol–water partition coefficient (Wildman–Crippen LogP) is 1.67. The van der Waals surface area contributed by atoms with Crippen molar-refractivity contribution in [1.82, 2.24) is 0 Å². The van der Waals surface area contributed by atoms with Crippen molar-refractivity contribution in [2.75, 3.05) is 0 Å². The minimum Gasteiger partial charge on any atom is -0.425 e. The van der Waals surface area contributed by atoms with Crippen molar-refractivity contribution in [3.05, 3.63) is 24.3 Å². The first kappa shape index (κ1) is 19.3. The second-order valence-electron chi connectivity index (χ2n) is 6.29. The Kier molecular flexibility index (Phi) is 6.32. The highest BCUT2D eigenvalue weighted by atomic mass is 16.7. The van der Waals surface area contributed by atoms with Crippen LogP contribution in [0.2, 0.25) is 0 Å². The van der Waals surface area contributed by atoms with Crippen LogP contribution in [-0.4, -0.2) is 34.2 Å². The summed E-state index contributed by atoms with van der Waals surface area (Å²) < 4.78 is 9.54. The molecule has 0 aromatic carbocycles. The normalized spacial score (nSPS) is 15.6. The minimum atomic E-state index is -2.38. The number of carbonyl (C=O) groups excluding carboxylic acids is 2. The second-order valence-corrected chi connectivity index (χ2v) is 6.29. The molecule has 0 aliphatic rings. The molecule has 0 saturated heterocycles. The van der Waals surface area contributed by atoms with Gasteiger partial charge in [-0.2, -0.15) is 0 Å². The van der Waals surface area contributed by atoms with Gasteiger partial charge in [0.05, 0.1) is 0 Å². The Labute approximate surface area is 125 Å². The van der Waals surface area contributed by atoms with Crippen LogP contribution >= 0.6 is 0 Å². The molecule has 6 nitrogen and oxygen atoms in total. The Morgan fingerprint density at radius 3 is 1.86 bits per heavy atom. The van der Waals surface area contributed by atoms with Gasteiger partial charge in [0.15, 0.2) is 0 Å². The van der Waals surface area contributed by atoms with E-state index >= 15 is 0 Å². The molecule has 0 rings (SSSR count). The molecule has 0 fully saturated rings. The summed E-state index contributed by atoms with van der Waals surface area (Å²) in [5.74, 6) is -4.17. The van der Waals surface area contributed by atoms with Crippen molar-refractivity contribution in [1.29, 1.82) is 0 Å². The zero-order chi connectivity index (χ0) is 17.0. The van der Waals surface area contributed by atoms with E-state index < -0.39 is 29.4 Å². The summed E-state index contributed by atoms with van der Waals surface area (Å²) in [7, 11) is 0. The van der Waals surface area contributed by atoms with Crippen LogP contribution in [0, 0.1) is 5.41 Å². The van der Waals surface area contributed by atoms with Crippen LogP contribution in [0.15, 0.2) is 24.3 Å². The summed E-state index contributed by atoms with van der Waals surface area (Å²) in [6, 6.07) is 0. The van der Waals surface area contributed by atoms with Gasteiger partial charge in [0.25, 0.3) is 12.1 Å². The van der Waals surface area contributed by atoms with Gasteiger partial charge < -0.3 is 19.7 Å². The molecular formula is C15H24O6. The molecule has 2 unspecified atom stereocenters. The molecule has 0 heterocycles. The third-order valence-electron chi connectivity index (χ3n) is 2.35. The van der Waals surface area contributed by atoms with E-state index in [-0.39, 0.29) is 17.6 Å². The lowest BCUT2D eigenvalue weighted by Gasteiger charge is -2.36. The van der Waals surface area contributed by atoms with Crippen LogP contribution in [-0.2, 0) is 19.1 Å². The molecule has 0 aromatic heterocycles. The van der Waals surface area contributed by atoms with Gasteiger partial charge in [0.1, 0.15) is 0 Å². The van der Waals surface area contributed by atoms with E-state index in [9.17, 15) is 19.8 Å². The third kappa shape index (κ3) is 6.55. The number of carbonyl (C=O) groups is 2. The van der Waals surface area contributed by atoms with Crippen LogP contribution in [0.3, 0.4) is 0 Å². The van der Waals surface area contributed by atoms with Crippen LogP contribution in [0.1, 0.15) is 41.0 Å². The largest absolute Gasteiger partial charge is 0.425 e. The number of hydrogen-bond donors (Lipinski definition) is 2. The van der Waals surface area contributed by atoms with Crippen LogP contribution in [0.4, 0.5) is 0 Å². The van der Waals surface area contributed by atoms with Crippen molar-refractivity contribution in [3.63, 3.8) is 0 Å². The average Bonchev–Trinajstić information content (AvgIpc) is 2.25. The van der Waals surface area contributed by atoms with Gasteiger partial charge in [-0.05, 0) is 19.3 Å². The van der Waals surface area contributed by atoms with Gasteiger partial charge in [-0.1, -0.05) is 33.9 Å². The molecule has 0 saturated carbocycles. The van der Waals surface area contributed by atoms with E-state index in [4.69, 9.17) is 4.74 Å². The maximum atomic E-state index is 11.6. The van der Waals surface area contributed by atoms with Crippen molar-refractivity contribution in [2.24, 2.45) is 5.41 Å². The minimum absolute atomic E-state index is 0.0402. The Hall–Kier alpha value is -1.66. The quantitative estimate of drug-likeness (QED) is 0.440. The van der Waals surface area contributed by atoms with Gasteiger partial charge in [-0.25, -0.2) is 9.59 Å². The van der Waals surface area contributed by atoms with E-state index in [0.29, 0.717) is 0 Å². The molecule has 2 atom stereocenters. The molecule has 120 valence electrons. The van der Waals surface area contributed by atoms with Gasteiger partial charge >= 0.3 is 11.9 Å². The van der Waals surface area contributed by atoms with Crippen molar-refractivity contribution >= 4 is 11.9 Å². The van der Waals surface area contributed by atoms with E-state index in [1.54, 1.807) is 20.8 Å². The monoisotopic (exact) mass is 300 g/mol. The SMILES string of the molecule is C=C(C)C(=O)OC(O)C(O)(CC(C)(C)C)OC(=O)C(=C)C. The van der Waals surface area contributed by atoms with E-state index in [2.05, 4.69) is 17.9 Å². The Bertz CT molecular complexity index is 446. The zero-order valence-corrected chi connectivity index (χ0v) is 13.2. The summed E-state index contributed by atoms with van der Waals surface area (Å²) in [5.41, 5.74) is -0.431. The maximum absolute atomic E-state index is 11.6. The average molecular weight is 300 g/mol. The molecule has 0 radical (unpaired) electrons. The number of aliphatic hydroxyl groups is 2. The topological polar surface area (TPSA) is 93.1 Å². The van der Waals surface area contributed by atoms with E-state index in [0.717, 1.165) is 0 Å². The van der Waals surface area contributed by atoms with Gasteiger partial charge in [0.2, 0.25) is 0 Å². The van der Waals surface area contributed by atoms with Crippen molar-refractivity contribution < 1.29 is 29.3 Å². The molecule has 0 aromatic rings. The lowest BCUT2D eigenvalue weighted by molar-refractivity contribution is -0.309. The number of esters is 2. The second kappa shape index (κ2) is 6.87. The maximum Gasteiger partial charge on any atom is 0.335 e. The number of hydrogen-bond acceptors (Lipinski definition) is 6.